The molecule has 0 fully saturated rings. The summed E-state index contributed by atoms with van der Waals surface area (Å²) < 4.78 is 0. The zero-order chi connectivity index (χ0) is 12.5. The molecular weight excluding hydrogens is 208 g/mol. The summed E-state index contributed by atoms with van der Waals surface area (Å²) in [6.07, 6.45) is 1.54. The largest absolute Gasteiger partial charge is 0.512 e. The van der Waals surface area contributed by atoms with Crippen LogP contribution in [0, 0.1) is 5.92 Å². The van der Waals surface area contributed by atoms with E-state index >= 15 is 0 Å². The van der Waals surface area contributed by atoms with Gasteiger partial charge in [0, 0.05) is 17.6 Å². The molecule has 2 atom stereocenters. The van der Waals surface area contributed by atoms with E-state index in [0.717, 1.165) is 6.08 Å². The molecule has 0 saturated carbocycles. The molecule has 0 amide bonds. The van der Waals surface area contributed by atoms with Crippen molar-refractivity contribution in [3.8, 4) is 0 Å². The Kier molecular flexibility index (Phi) is 3.44. The van der Waals surface area contributed by atoms with Crippen molar-refractivity contribution in [2.45, 2.75) is 20.0 Å². The van der Waals surface area contributed by atoms with Crippen LogP contribution in [0.3, 0.4) is 0 Å². The van der Waals surface area contributed by atoms with E-state index in [4.69, 9.17) is 5.11 Å². The first-order chi connectivity index (χ1) is 7.34. The van der Waals surface area contributed by atoms with Crippen molar-refractivity contribution < 1.29 is 20.4 Å². The van der Waals surface area contributed by atoms with Crippen molar-refractivity contribution in [1.82, 2.24) is 0 Å². The monoisotopic (exact) mass is 224 g/mol. The average Bonchev–Trinajstić information content (AvgIpc) is 2.19. The second-order valence-corrected chi connectivity index (χ2v) is 3.91. The van der Waals surface area contributed by atoms with Crippen LogP contribution in [0.1, 0.15) is 13.8 Å². The number of hydrogen-bond donors (Lipinski definition) is 4. The van der Waals surface area contributed by atoms with E-state index in [0.29, 0.717) is 5.57 Å². The predicted molar refractivity (Wildman–Crippen MR) is 61.1 cm³/mol. The van der Waals surface area contributed by atoms with Gasteiger partial charge in [-0.2, -0.15) is 0 Å². The Bertz CT molecular complexity index is 397. The van der Waals surface area contributed by atoms with E-state index < -0.39 is 12.0 Å². The molecule has 0 heterocycles. The normalized spacial score (nSPS) is 30.1. The van der Waals surface area contributed by atoms with Crippen LogP contribution in [0.15, 0.2) is 47.2 Å². The third-order valence-corrected chi connectivity index (χ3v) is 2.56. The molecule has 0 saturated heterocycles. The smallest absolute Gasteiger partial charge is 0.126 e. The lowest BCUT2D eigenvalue weighted by Gasteiger charge is -2.26. The summed E-state index contributed by atoms with van der Waals surface area (Å²) in [6.45, 7) is 6.72. The van der Waals surface area contributed by atoms with Gasteiger partial charge in [-0.15, -0.1) is 0 Å². The van der Waals surface area contributed by atoms with Gasteiger partial charge in [-0.05, 0) is 18.6 Å². The van der Waals surface area contributed by atoms with Gasteiger partial charge in [0.25, 0.3) is 0 Å². The maximum absolute atomic E-state index is 9.74. The minimum absolute atomic E-state index is 0.0227. The fourth-order valence-electron chi connectivity index (χ4n) is 1.51. The van der Waals surface area contributed by atoms with Crippen LogP contribution in [-0.4, -0.2) is 26.5 Å². The van der Waals surface area contributed by atoms with Gasteiger partial charge >= 0.3 is 0 Å². The highest BCUT2D eigenvalue weighted by molar-refractivity contribution is 5.49. The molecule has 1 aliphatic rings. The van der Waals surface area contributed by atoms with Gasteiger partial charge in [0.1, 0.15) is 5.76 Å². The molecule has 2 unspecified atom stereocenters. The lowest BCUT2D eigenvalue weighted by molar-refractivity contribution is 0.138. The van der Waals surface area contributed by atoms with Gasteiger partial charge in [0.15, 0.2) is 0 Å². The van der Waals surface area contributed by atoms with Crippen LogP contribution in [0.5, 0.6) is 0 Å². The highest BCUT2D eigenvalue weighted by Crippen LogP contribution is 2.31. The van der Waals surface area contributed by atoms with Gasteiger partial charge in [-0.25, -0.2) is 0 Å². The average molecular weight is 224 g/mol. The third kappa shape index (κ3) is 2.28. The second-order valence-electron chi connectivity index (χ2n) is 3.91. The van der Waals surface area contributed by atoms with Crippen LogP contribution in [0.25, 0.3) is 0 Å². The summed E-state index contributed by atoms with van der Waals surface area (Å²) in [4.78, 5) is 0. The second kappa shape index (κ2) is 4.45. The molecule has 0 aromatic heterocycles. The Hall–Kier alpha value is -1.68. The van der Waals surface area contributed by atoms with Crippen molar-refractivity contribution in [1.29, 1.82) is 0 Å². The highest BCUT2D eigenvalue weighted by Gasteiger charge is 2.29. The Balaban J connectivity index is 3.25. The fourth-order valence-corrected chi connectivity index (χ4v) is 1.51. The highest BCUT2D eigenvalue weighted by atomic mass is 16.3. The summed E-state index contributed by atoms with van der Waals surface area (Å²) in [5.74, 6) is -0.769. The van der Waals surface area contributed by atoms with E-state index in [1.54, 1.807) is 6.92 Å². The first kappa shape index (κ1) is 12.4. The molecule has 4 nitrogen and oxygen atoms in total. The Labute approximate surface area is 94.2 Å². The predicted octanol–water partition coefficient (Wildman–Crippen LogP) is 2.27. The Morgan fingerprint density at radius 2 is 2.00 bits per heavy atom. The van der Waals surface area contributed by atoms with Gasteiger partial charge in [0.2, 0.25) is 0 Å². The fraction of sp³-hybridized carbons (Fsp3) is 0.333. The molecule has 88 valence electrons. The molecule has 0 aromatic carbocycles. The van der Waals surface area contributed by atoms with Crippen LogP contribution in [-0.2, 0) is 0 Å². The topological polar surface area (TPSA) is 80.9 Å². The van der Waals surface area contributed by atoms with Gasteiger partial charge in [-0.1, -0.05) is 13.5 Å². The van der Waals surface area contributed by atoms with Crippen LogP contribution < -0.4 is 0 Å². The van der Waals surface area contributed by atoms with Gasteiger partial charge in [0.05, 0.1) is 17.6 Å². The quantitative estimate of drug-likeness (QED) is 0.515. The lowest BCUT2D eigenvalue weighted by Crippen LogP contribution is -2.26. The summed E-state index contributed by atoms with van der Waals surface area (Å²) in [6, 6.07) is 0. The van der Waals surface area contributed by atoms with Crippen molar-refractivity contribution in [3.05, 3.63) is 47.2 Å². The zero-order valence-electron chi connectivity index (χ0n) is 9.31. The van der Waals surface area contributed by atoms with Crippen LogP contribution in [0.2, 0.25) is 0 Å². The van der Waals surface area contributed by atoms with E-state index in [1.807, 2.05) is 0 Å². The van der Waals surface area contributed by atoms with Crippen molar-refractivity contribution in [3.63, 3.8) is 0 Å². The van der Waals surface area contributed by atoms with Gasteiger partial charge < -0.3 is 20.4 Å². The molecule has 0 radical (unpaired) electrons. The molecule has 16 heavy (non-hydrogen) atoms. The molecule has 4 heteroatoms. The summed E-state index contributed by atoms with van der Waals surface area (Å²) >= 11 is 0. The first-order valence-electron chi connectivity index (χ1n) is 4.93. The van der Waals surface area contributed by atoms with E-state index in [2.05, 4.69) is 6.58 Å². The minimum Gasteiger partial charge on any atom is -0.512 e. The zero-order valence-corrected chi connectivity index (χ0v) is 9.31. The molecule has 0 spiro atoms. The van der Waals surface area contributed by atoms with Crippen molar-refractivity contribution in [2.75, 3.05) is 0 Å². The number of rotatable bonds is 1. The number of hydrogen-bond acceptors (Lipinski definition) is 4. The van der Waals surface area contributed by atoms with E-state index in [9.17, 15) is 15.3 Å². The number of aliphatic hydroxyl groups is 4. The summed E-state index contributed by atoms with van der Waals surface area (Å²) in [7, 11) is 0. The molecule has 1 rings (SSSR count). The number of allylic oxidation sites excluding steroid dienone is 3. The standard InChI is InChI=1S/C12H16O4/c1-6(13)4-11(15)9-5-10(14)8(3)12(16)7(9)2/h4-5,8,12-16H,2H2,1,3H3/b6-4+,11-9+. The third-order valence-electron chi connectivity index (χ3n) is 2.56. The molecule has 0 aromatic rings. The van der Waals surface area contributed by atoms with Crippen molar-refractivity contribution in [2.24, 2.45) is 5.92 Å². The lowest BCUT2D eigenvalue weighted by atomic mass is 9.85. The van der Waals surface area contributed by atoms with Crippen LogP contribution in [0.4, 0.5) is 0 Å². The van der Waals surface area contributed by atoms with Gasteiger partial charge in [-0.3, -0.25) is 0 Å². The number of aliphatic hydroxyl groups excluding tert-OH is 4. The summed E-state index contributed by atoms with van der Waals surface area (Å²) in [5.41, 5.74) is 0.553. The summed E-state index contributed by atoms with van der Waals surface area (Å²) in [5, 5.41) is 38.0. The van der Waals surface area contributed by atoms with Crippen LogP contribution >= 0.6 is 0 Å². The maximum atomic E-state index is 9.74. The van der Waals surface area contributed by atoms with Crippen molar-refractivity contribution >= 4 is 0 Å². The molecule has 1 aliphatic carbocycles. The Morgan fingerprint density at radius 1 is 1.44 bits per heavy atom. The van der Waals surface area contributed by atoms with E-state index in [1.165, 1.54) is 13.0 Å². The SMILES string of the molecule is C=C1/C(=C(O)\C=C(/C)O)C=C(O)C(C)C1O. The molecule has 0 bridgehead atoms. The molecule has 0 aliphatic heterocycles. The first-order valence-corrected chi connectivity index (χ1v) is 4.93. The molecule has 4 N–H and O–H groups in total. The maximum Gasteiger partial charge on any atom is 0.126 e. The Morgan fingerprint density at radius 3 is 2.50 bits per heavy atom. The van der Waals surface area contributed by atoms with E-state index in [-0.39, 0.29) is 22.9 Å². The minimum atomic E-state index is -0.936. The molecular formula is C12H16O4.